The Kier molecular flexibility index (Phi) is 8.37. The Morgan fingerprint density at radius 2 is 1.31 bits per heavy atom. The van der Waals surface area contributed by atoms with Crippen molar-refractivity contribution < 1.29 is 35.3 Å². The lowest BCUT2D eigenvalue weighted by Crippen LogP contribution is -2.29. The largest absolute Gasteiger partial charge is 0.534 e. The van der Waals surface area contributed by atoms with E-state index in [0.717, 1.165) is 16.7 Å². The highest BCUT2D eigenvalue weighted by Crippen LogP contribution is 2.42. The molecule has 0 aliphatic heterocycles. The summed E-state index contributed by atoms with van der Waals surface area (Å²) in [6.07, 6.45) is 1.37. The van der Waals surface area contributed by atoms with E-state index in [1.54, 1.807) is 12.1 Å². The van der Waals surface area contributed by atoms with Crippen molar-refractivity contribution in [1.82, 2.24) is 0 Å². The molecule has 0 fully saturated rings. The van der Waals surface area contributed by atoms with Crippen molar-refractivity contribution in [2.45, 2.75) is 72.2 Å². The number of carbonyl (C=O) groups excluding carboxylic acids is 1. The Morgan fingerprint density at radius 1 is 0.857 bits per heavy atom. The van der Waals surface area contributed by atoms with Gasteiger partial charge in [0.05, 0.1) is 0 Å². The van der Waals surface area contributed by atoms with Crippen LogP contribution in [0.4, 0.5) is 13.2 Å². The minimum Gasteiger partial charge on any atom is -0.486 e. The van der Waals surface area contributed by atoms with Gasteiger partial charge in [0.2, 0.25) is 0 Å². The van der Waals surface area contributed by atoms with Crippen molar-refractivity contribution in [3.63, 3.8) is 0 Å². The lowest BCUT2D eigenvalue weighted by atomic mass is 9.70. The fourth-order valence-electron chi connectivity index (χ4n) is 3.91. The molecular weight excluding hydrogens is 481 g/mol. The van der Waals surface area contributed by atoms with Crippen molar-refractivity contribution in [3.8, 4) is 11.5 Å². The molecule has 0 bridgehead atoms. The third kappa shape index (κ3) is 6.18. The molecule has 0 radical (unpaired) electrons. The lowest BCUT2D eigenvalue weighted by molar-refractivity contribution is -0.128. The molecule has 5 nitrogen and oxygen atoms in total. The molecule has 194 valence electrons. The predicted molar refractivity (Wildman–Crippen MR) is 129 cm³/mol. The van der Waals surface area contributed by atoms with Gasteiger partial charge in [-0.2, -0.15) is 21.6 Å². The summed E-state index contributed by atoms with van der Waals surface area (Å²) in [4.78, 5) is 12.2. The molecule has 0 spiro atoms. The highest BCUT2D eigenvalue weighted by atomic mass is 32.2. The number of carbonyl (C=O) groups is 1. The van der Waals surface area contributed by atoms with Gasteiger partial charge in [-0.1, -0.05) is 58.9 Å². The van der Waals surface area contributed by atoms with E-state index >= 15 is 0 Å². The van der Waals surface area contributed by atoms with E-state index in [9.17, 15) is 26.4 Å². The summed E-state index contributed by atoms with van der Waals surface area (Å²) in [5, 5.41) is 0. The molecular formula is C26H33F3O5S. The van der Waals surface area contributed by atoms with E-state index in [0.29, 0.717) is 18.6 Å². The van der Waals surface area contributed by atoms with Crippen LogP contribution in [0, 0.1) is 19.3 Å². The Labute approximate surface area is 205 Å². The van der Waals surface area contributed by atoms with Crippen molar-refractivity contribution >= 4 is 15.9 Å². The number of halogens is 3. The maximum absolute atomic E-state index is 12.7. The summed E-state index contributed by atoms with van der Waals surface area (Å²) >= 11 is 0. The molecule has 0 saturated carbocycles. The van der Waals surface area contributed by atoms with Gasteiger partial charge >= 0.3 is 15.6 Å². The number of hydrogen-bond acceptors (Lipinski definition) is 5. The quantitative estimate of drug-likeness (QED) is 0.277. The molecule has 0 heterocycles. The van der Waals surface area contributed by atoms with Gasteiger partial charge < -0.3 is 8.92 Å². The van der Waals surface area contributed by atoms with Gasteiger partial charge in [0.25, 0.3) is 0 Å². The van der Waals surface area contributed by atoms with Crippen molar-refractivity contribution in [3.05, 3.63) is 58.7 Å². The number of benzene rings is 2. The standard InChI is InChI=1S/C26H33F3O5S/c1-8-25(9-2,19-10-12-21(17(3)14-19)33-16-23(30)24(5,6)7)20-11-13-22(18(4)15-20)34-35(31,32)26(27,28)29/h10-15H,8-9,16H2,1-7H3. The van der Waals surface area contributed by atoms with E-state index in [-0.39, 0.29) is 23.7 Å². The fourth-order valence-corrected chi connectivity index (χ4v) is 4.43. The first-order valence-electron chi connectivity index (χ1n) is 11.4. The van der Waals surface area contributed by atoms with E-state index in [2.05, 4.69) is 4.18 Å². The van der Waals surface area contributed by atoms with Gasteiger partial charge in [0.1, 0.15) is 18.1 Å². The van der Waals surface area contributed by atoms with Crippen LogP contribution in [0.2, 0.25) is 0 Å². The number of Topliss-reactive ketones (excluding diaryl/α,β-unsaturated/α-hetero) is 1. The topological polar surface area (TPSA) is 69.7 Å². The van der Waals surface area contributed by atoms with Crippen molar-refractivity contribution in [2.75, 3.05) is 6.61 Å². The highest BCUT2D eigenvalue weighted by Gasteiger charge is 2.48. The van der Waals surface area contributed by atoms with E-state index in [4.69, 9.17) is 4.74 Å². The Hall–Kier alpha value is -2.55. The first-order valence-corrected chi connectivity index (χ1v) is 12.8. The molecule has 0 aromatic heterocycles. The summed E-state index contributed by atoms with van der Waals surface area (Å²) in [5.74, 6) is 0.225. The van der Waals surface area contributed by atoms with Crippen LogP contribution in [-0.4, -0.2) is 26.3 Å². The molecule has 2 aromatic rings. The van der Waals surface area contributed by atoms with Gasteiger partial charge in [-0.05, 0) is 61.1 Å². The van der Waals surface area contributed by atoms with Gasteiger partial charge in [-0.15, -0.1) is 0 Å². The first kappa shape index (κ1) is 28.7. The SMILES string of the molecule is CCC(CC)(c1ccc(OCC(=O)C(C)(C)C)c(C)c1)c1ccc(OS(=O)(=O)C(F)(F)F)c(C)c1. The lowest BCUT2D eigenvalue weighted by Gasteiger charge is -2.34. The van der Waals surface area contributed by atoms with Gasteiger partial charge in [0.15, 0.2) is 5.78 Å². The average Bonchev–Trinajstić information content (AvgIpc) is 2.74. The van der Waals surface area contributed by atoms with Crippen LogP contribution in [0.15, 0.2) is 36.4 Å². The van der Waals surface area contributed by atoms with Gasteiger partial charge in [0, 0.05) is 10.8 Å². The summed E-state index contributed by atoms with van der Waals surface area (Å²) < 4.78 is 71.2. The molecule has 0 N–H and O–H groups in total. The maximum Gasteiger partial charge on any atom is 0.534 e. The van der Waals surface area contributed by atoms with Gasteiger partial charge in [-0.3, -0.25) is 4.79 Å². The molecule has 0 saturated heterocycles. The number of ketones is 1. The monoisotopic (exact) mass is 514 g/mol. The molecule has 2 aromatic carbocycles. The summed E-state index contributed by atoms with van der Waals surface area (Å²) in [5.41, 5.74) is -3.55. The third-order valence-electron chi connectivity index (χ3n) is 6.34. The number of hydrogen-bond donors (Lipinski definition) is 0. The molecule has 0 aliphatic carbocycles. The second-order valence-electron chi connectivity index (χ2n) is 9.69. The number of ether oxygens (including phenoxy) is 1. The van der Waals surface area contributed by atoms with E-state index < -0.39 is 26.5 Å². The molecule has 35 heavy (non-hydrogen) atoms. The molecule has 0 aliphatic rings. The molecule has 9 heteroatoms. The maximum atomic E-state index is 12.7. The zero-order chi connectivity index (χ0) is 26.8. The minimum atomic E-state index is -5.75. The van der Waals surface area contributed by atoms with E-state index in [1.807, 2.05) is 59.7 Å². The Morgan fingerprint density at radius 3 is 1.69 bits per heavy atom. The molecule has 0 atom stereocenters. The third-order valence-corrected chi connectivity index (χ3v) is 7.31. The van der Waals surface area contributed by atoms with Crippen LogP contribution in [-0.2, 0) is 20.3 Å². The van der Waals surface area contributed by atoms with Gasteiger partial charge in [-0.25, -0.2) is 0 Å². The second kappa shape index (κ2) is 10.2. The zero-order valence-electron chi connectivity index (χ0n) is 21.2. The smallest absolute Gasteiger partial charge is 0.486 e. The minimum absolute atomic E-state index is 0.0113. The van der Waals surface area contributed by atoms with Crippen LogP contribution in [0.3, 0.4) is 0 Å². The Balaban J connectivity index is 2.41. The van der Waals surface area contributed by atoms with Crippen LogP contribution in [0.5, 0.6) is 11.5 Å². The predicted octanol–water partition coefficient (Wildman–Crippen LogP) is 6.63. The van der Waals surface area contributed by atoms with Crippen molar-refractivity contribution in [2.24, 2.45) is 5.41 Å². The zero-order valence-corrected chi connectivity index (χ0v) is 22.0. The number of alkyl halides is 3. The highest BCUT2D eigenvalue weighted by molar-refractivity contribution is 7.88. The van der Waals surface area contributed by atoms with E-state index in [1.165, 1.54) is 13.0 Å². The summed E-state index contributed by atoms with van der Waals surface area (Å²) in [7, 11) is -5.75. The number of rotatable bonds is 9. The molecule has 0 amide bonds. The fraction of sp³-hybridized carbons (Fsp3) is 0.500. The molecule has 2 rings (SSSR count). The Bertz CT molecular complexity index is 1170. The second-order valence-corrected chi connectivity index (χ2v) is 11.2. The first-order chi connectivity index (χ1) is 16.0. The number of aryl methyl sites for hydroxylation is 2. The van der Waals surface area contributed by atoms with Crippen LogP contribution < -0.4 is 8.92 Å². The average molecular weight is 515 g/mol. The van der Waals surface area contributed by atoms with Crippen LogP contribution in [0.25, 0.3) is 0 Å². The molecule has 0 unspecified atom stereocenters. The normalized spacial score (nSPS) is 13.0. The van der Waals surface area contributed by atoms with Crippen molar-refractivity contribution in [1.29, 1.82) is 0 Å². The van der Waals surface area contributed by atoms with Crippen LogP contribution >= 0.6 is 0 Å². The van der Waals surface area contributed by atoms with Crippen LogP contribution in [0.1, 0.15) is 69.7 Å². The summed E-state index contributed by atoms with van der Waals surface area (Å²) in [6.45, 7) is 12.9. The summed E-state index contributed by atoms with van der Waals surface area (Å²) in [6, 6.07) is 10.2.